The van der Waals surface area contributed by atoms with E-state index in [9.17, 15) is 0 Å². The van der Waals surface area contributed by atoms with E-state index in [0.29, 0.717) is 5.37 Å². The van der Waals surface area contributed by atoms with Gasteiger partial charge < -0.3 is 4.90 Å². The van der Waals surface area contributed by atoms with E-state index in [-0.39, 0.29) is 0 Å². The summed E-state index contributed by atoms with van der Waals surface area (Å²) in [6, 6.07) is 10.4. The van der Waals surface area contributed by atoms with Crippen LogP contribution in [0.4, 0.5) is 5.69 Å². The number of anilines is 1. The normalized spacial score (nSPS) is 18.4. The molecule has 1 radical (unpaired) electrons. The molecule has 0 N–H and O–H groups in total. The van der Waals surface area contributed by atoms with Crippen molar-refractivity contribution >= 4 is 33.7 Å². The summed E-state index contributed by atoms with van der Waals surface area (Å²) in [5.41, 5.74) is 3.03. The fraction of sp³-hybridized carbons (Fsp3) is 0.133. The van der Waals surface area contributed by atoms with Gasteiger partial charge in [-0.3, -0.25) is 4.98 Å². The second-order valence-corrected chi connectivity index (χ2v) is 6.18. The van der Waals surface area contributed by atoms with Crippen LogP contribution in [-0.4, -0.2) is 10.4 Å². The predicted octanol–water partition coefficient (Wildman–Crippen LogP) is 4.40. The van der Waals surface area contributed by atoms with Gasteiger partial charge >= 0.3 is 0 Å². The SMILES string of the molecule is C=CCC1SC(c2cncs2)=[C]N1c1ccccc1. The fourth-order valence-electron chi connectivity index (χ4n) is 1.95. The molecule has 95 valence electrons. The molecule has 1 aromatic carbocycles. The molecular formula is C15H13N2S2. The maximum Gasteiger partial charge on any atom is 0.0882 e. The molecule has 1 aromatic heterocycles. The molecule has 0 amide bonds. The molecule has 4 heteroatoms. The summed E-state index contributed by atoms with van der Waals surface area (Å²) in [5, 5.41) is 0.331. The monoisotopic (exact) mass is 285 g/mol. The molecule has 0 bridgehead atoms. The summed E-state index contributed by atoms with van der Waals surface area (Å²) in [4.78, 5) is 8.68. The minimum absolute atomic E-state index is 0.331. The Balaban J connectivity index is 1.92. The maximum absolute atomic E-state index is 4.14. The molecule has 2 nitrogen and oxygen atoms in total. The Kier molecular flexibility index (Phi) is 3.71. The number of nitrogens with zero attached hydrogens (tertiary/aromatic N) is 2. The summed E-state index contributed by atoms with van der Waals surface area (Å²) < 4.78 is 0. The minimum atomic E-state index is 0.331. The van der Waals surface area contributed by atoms with E-state index < -0.39 is 0 Å². The zero-order valence-corrected chi connectivity index (χ0v) is 12.0. The largest absolute Gasteiger partial charge is 0.326 e. The Hall–Kier alpha value is -1.52. The smallest absolute Gasteiger partial charge is 0.0882 e. The highest BCUT2D eigenvalue weighted by atomic mass is 32.2. The third-order valence-corrected chi connectivity index (χ3v) is 4.96. The number of para-hydroxylation sites is 1. The van der Waals surface area contributed by atoms with E-state index in [0.717, 1.165) is 6.42 Å². The maximum atomic E-state index is 4.14. The van der Waals surface area contributed by atoms with E-state index in [2.05, 4.69) is 46.9 Å². The van der Waals surface area contributed by atoms with Crippen LogP contribution < -0.4 is 4.90 Å². The second kappa shape index (κ2) is 5.63. The lowest BCUT2D eigenvalue weighted by atomic mass is 10.2. The van der Waals surface area contributed by atoms with Gasteiger partial charge in [0, 0.05) is 11.9 Å². The molecule has 0 spiro atoms. The third kappa shape index (κ3) is 2.60. The van der Waals surface area contributed by atoms with Crippen LogP contribution >= 0.6 is 23.1 Å². The highest BCUT2D eigenvalue weighted by Gasteiger charge is 2.27. The molecule has 2 aromatic rings. The van der Waals surface area contributed by atoms with Crippen molar-refractivity contribution in [2.75, 3.05) is 4.90 Å². The van der Waals surface area contributed by atoms with Crippen LogP contribution in [0.15, 0.2) is 54.7 Å². The first kappa shape index (κ1) is 12.5. The molecule has 3 rings (SSSR count). The van der Waals surface area contributed by atoms with Gasteiger partial charge in [0.15, 0.2) is 0 Å². The van der Waals surface area contributed by atoms with E-state index >= 15 is 0 Å². The number of aromatic nitrogens is 1. The van der Waals surface area contributed by atoms with E-state index in [1.165, 1.54) is 15.5 Å². The molecule has 2 heterocycles. The number of hydrogen-bond acceptors (Lipinski definition) is 4. The Labute approximate surface area is 121 Å². The minimum Gasteiger partial charge on any atom is -0.326 e. The van der Waals surface area contributed by atoms with Crippen LogP contribution in [0, 0.1) is 6.20 Å². The average molecular weight is 285 g/mol. The molecule has 1 unspecified atom stereocenters. The van der Waals surface area contributed by atoms with Crippen molar-refractivity contribution in [3.05, 3.63) is 65.8 Å². The summed E-state index contributed by atoms with van der Waals surface area (Å²) in [5.74, 6) is 0. The zero-order valence-electron chi connectivity index (χ0n) is 10.3. The summed E-state index contributed by atoms with van der Waals surface area (Å²) in [6.07, 6.45) is 8.27. The van der Waals surface area contributed by atoms with Gasteiger partial charge in [0.2, 0.25) is 0 Å². The summed E-state index contributed by atoms with van der Waals surface area (Å²) >= 11 is 3.48. The van der Waals surface area contributed by atoms with E-state index in [4.69, 9.17) is 0 Å². The van der Waals surface area contributed by atoms with Crippen molar-refractivity contribution < 1.29 is 0 Å². The Morgan fingerprint density at radius 1 is 1.37 bits per heavy atom. The Bertz CT molecular complexity index is 575. The average Bonchev–Trinajstić information content (AvgIpc) is 3.08. The molecular weight excluding hydrogens is 272 g/mol. The van der Waals surface area contributed by atoms with Gasteiger partial charge in [-0.05, 0) is 18.6 Å². The van der Waals surface area contributed by atoms with Crippen LogP contribution in [0.1, 0.15) is 11.3 Å². The standard InChI is InChI=1S/C15H13N2S2/c1-2-6-15-17(12-7-4-3-5-8-12)10-14(19-15)13-9-16-11-18-13/h2-5,7-9,11,15H,1,6H2. The Morgan fingerprint density at radius 2 is 2.21 bits per heavy atom. The molecule has 0 saturated heterocycles. The van der Waals surface area contributed by atoms with Gasteiger partial charge in [-0.15, -0.1) is 17.9 Å². The van der Waals surface area contributed by atoms with Crippen molar-refractivity contribution in [2.24, 2.45) is 0 Å². The molecule has 19 heavy (non-hydrogen) atoms. The molecule has 0 saturated carbocycles. The zero-order chi connectivity index (χ0) is 13.1. The first-order chi connectivity index (χ1) is 9.38. The lowest BCUT2D eigenvalue weighted by Gasteiger charge is -2.22. The van der Waals surface area contributed by atoms with Gasteiger partial charge in [-0.25, -0.2) is 0 Å². The quantitative estimate of drug-likeness (QED) is 0.775. The molecule has 1 aliphatic heterocycles. The van der Waals surface area contributed by atoms with Crippen molar-refractivity contribution in [1.82, 2.24) is 4.98 Å². The van der Waals surface area contributed by atoms with Gasteiger partial charge in [-0.2, -0.15) is 0 Å². The fourth-order valence-corrected chi connectivity index (χ4v) is 3.86. The van der Waals surface area contributed by atoms with Gasteiger partial charge in [0.1, 0.15) is 0 Å². The van der Waals surface area contributed by atoms with Crippen LogP contribution in [0.2, 0.25) is 0 Å². The summed E-state index contributed by atoms with van der Waals surface area (Å²) in [6.45, 7) is 3.85. The van der Waals surface area contributed by atoms with Crippen LogP contribution in [-0.2, 0) is 0 Å². The van der Waals surface area contributed by atoms with Crippen molar-refractivity contribution in [3.63, 3.8) is 0 Å². The van der Waals surface area contributed by atoms with Crippen molar-refractivity contribution in [2.45, 2.75) is 11.8 Å². The molecule has 0 fully saturated rings. The first-order valence-electron chi connectivity index (χ1n) is 6.03. The number of hydrogen-bond donors (Lipinski definition) is 0. The van der Waals surface area contributed by atoms with E-state index in [1.807, 2.05) is 35.6 Å². The number of thiazole rings is 1. The highest BCUT2D eigenvalue weighted by Crippen LogP contribution is 2.43. The molecule has 0 aliphatic carbocycles. The van der Waals surface area contributed by atoms with Crippen LogP contribution in [0.3, 0.4) is 0 Å². The second-order valence-electron chi connectivity index (χ2n) is 4.11. The lowest BCUT2D eigenvalue weighted by molar-refractivity contribution is 0.876. The predicted molar refractivity (Wildman–Crippen MR) is 83.9 cm³/mol. The van der Waals surface area contributed by atoms with Crippen molar-refractivity contribution in [3.8, 4) is 0 Å². The summed E-state index contributed by atoms with van der Waals surface area (Å²) in [7, 11) is 0. The Morgan fingerprint density at radius 3 is 2.89 bits per heavy atom. The van der Waals surface area contributed by atoms with Crippen molar-refractivity contribution in [1.29, 1.82) is 0 Å². The van der Waals surface area contributed by atoms with Gasteiger partial charge in [0.25, 0.3) is 0 Å². The number of rotatable bonds is 4. The lowest BCUT2D eigenvalue weighted by Crippen LogP contribution is -2.23. The number of benzene rings is 1. The van der Waals surface area contributed by atoms with Crippen LogP contribution in [0.25, 0.3) is 4.91 Å². The number of thioether (sulfide) groups is 1. The first-order valence-corrected chi connectivity index (χ1v) is 7.78. The third-order valence-electron chi connectivity index (χ3n) is 2.82. The molecule has 1 atom stereocenters. The highest BCUT2D eigenvalue weighted by molar-refractivity contribution is 8.09. The van der Waals surface area contributed by atoms with Gasteiger partial charge in [0.05, 0.1) is 26.9 Å². The van der Waals surface area contributed by atoms with E-state index in [1.54, 1.807) is 11.3 Å². The van der Waals surface area contributed by atoms with Gasteiger partial charge in [-0.1, -0.05) is 36.0 Å². The topological polar surface area (TPSA) is 16.1 Å². The molecule has 1 aliphatic rings. The van der Waals surface area contributed by atoms with Crippen LogP contribution in [0.5, 0.6) is 0 Å².